The molecule has 5 heteroatoms. The molecule has 94 valence electrons. The predicted molar refractivity (Wildman–Crippen MR) is 76.7 cm³/mol. The van der Waals surface area contributed by atoms with E-state index in [9.17, 15) is 0 Å². The quantitative estimate of drug-likeness (QED) is 0.727. The minimum atomic E-state index is 0.189. The molecule has 0 unspecified atom stereocenters. The average molecular weight is 271 g/mol. The van der Waals surface area contributed by atoms with Crippen molar-refractivity contribution in [3.8, 4) is 11.4 Å². The molecule has 0 radical (unpaired) electrons. The summed E-state index contributed by atoms with van der Waals surface area (Å²) in [6.45, 7) is 0. The molecule has 2 aromatic carbocycles. The molecule has 0 aliphatic heterocycles. The molecule has 0 atom stereocenters. The second-order valence-corrected chi connectivity index (χ2v) is 4.36. The zero-order valence-electron chi connectivity index (χ0n) is 10.0. The van der Waals surface area contributed by atoms with Crippen molar-refractivity contribution in [1.82, 2.24) is 15.0 Å². The molecule has 0 aliphatic rings. The van der Waals surface area contributed by atoms with Crippen molar-refractivity contribution < 1.29 is 0 Å². The third-order valence-corrected chi connectivity index (χ3v) is 3.09. The number of nitrogens with zero attached hydrogens (tertiary/aromatic N) is 3. The summed E-state index contributed by atoms with van der Waals surface area (Å²) in [5.41, 5.74) is 6.62. The highest BCUT2D eigenvalue weighted by molar-refractivity contribution is 6.16. The third-order valence-electron chi connectivity index (χ3n) is 2.85. The van der Waals surface area contributed by atoms with E-state index in [0.717, 1.165) is 16.3 Å². The van der Waals surface area contributed by atoms with Crippen LogP contribution in [0.3, 0.4) is 0 Å². The number of alkyl halides is 1. The van der Waals surface area contributed by atoms with E-state index in [-0.39, 0.29) is 11.8 Å². The molecule has 0 spiro atoms. The van der Waals surface area contributed by atoms with Gasteiger partial charge in [-0.15, -0.1) is 11.6 Å². The van der Waals surface area contributed by atoms with E-state index >= 15 is 0 Å². The van der Waals surface area contributed by atoms with E-state index < -0.39 is 0 Å². The van der Waals surface area contributed by atoms with Crippen LogP contribution in [0.2, 0.25) is 0 Å². The zero-order valence-corrected chi connectivity index (χ0v) is 10.8. The number of hydrogen-bond donors (Lipinski definition) is 1. The smallest absolute Gasteiger partial charge is 0.223 e. The van der Waals surface area contributed by atoms with Gasteiger partial charge in [-0.05, 0) is 10.8 Å². The normalized spacial score (nSPS) is 10.8. The van der Waals surface area contributed by atoms with Crippen molar-refractivity contribution in [2.75, 3.05) is 5.73 Å². The molecule has 0 fully saturated rings. The highest BCUT2D eigenvalue weighted by atomic mass is 35.5. The van der Waals surface area contributed by atoms with Gasteiger partial charge < -0.3 is 5.73 Å². The standard InChI is InChI=1S/C14H11ClN4/c15-8-12-17-13(19-14(16)18-12)11-7-3-5-9-4-1-2-6-10(9)11/h1-7H,8H2,(H2,16,17,18,19). The lowest BCUT2D eigenvalue weighted by Crippen LogP contribution is -2.03. The molecule has 4 nitrogen and oxygen atoms in total. The van der Waals surface area contributed by atoms with Gasteiger partial charge in [-0.25, -0.2) is 4.98 Å². The van der Waals surface area contributed by atoms with Gasteiger partial charge in [0.05, 0.1) is 5.88 Å². The summed E-state index contributed by atoms with van der Waals surface area (Å²) in [5, 5.41) is 2.21. The van der Waals surface area contributed by atoms with Crippen LogP contribution in [-0.4, -0.2) is 15.0 Å². The number of anilines is 1. The Bertz CT molecular complexity index is 737. The van der Waals surface area contributed by atoms with Gasteiger partial charge in [-0.3, -0.25) is 0 Å². The summed E-state index contributed by atoms with van der Waals surface area (Å²) < 4.78 is 0. The maximum atomic E-state index is 5.77. The number of nitrogen functional groups attached to an aromatic ring is 1. The summed E-state index contributed by atoms with van der Waals surface area (Å²) in [6, 6.07) is 14.0. The van der Waals surface area contributed by atoms with E-state index in [1.807, 2.05) is 42.5 Å². The summed E-state index contributed by atoms with van der Waals surface area (Å²) in [6.07, 6.45) is 0. The Kier molecular flexibility index (Phi) is 3.01. The summed E-state index contributed by atoms with van der Waals surface area (Å²) >= 11 is 5.77. The van der Waals surface area contributed by atoms with Crippen LogP contribution in [0.4, 0.5) is 5.95 Å². The largest absolute Gasteiger partial charge is 0.368 e. The number of hydrogen-bond acceptors (Lipinski definition) is 4. The summed E-state index contributed by atoms with van der Waals surface area (Å²) in [5.74, 6) is 1.44. The molecule has 0 aliphatic carbocycles. The number of aromatic nitrogens is 3. The monoisotopic (exact) mass is 270 g/mol. The number of nitrogens with two attached hydrogens (primary N) is 1. The topological polar surface area (TPSA) is 64.7 Å². The average Bonchev–Trinajstić information content (AvgIpc) is 2.46. The van der Waals surface area contributed by atoms with Crippen molar-refractivity contribution in [2.45, 2.75) is 5.88 Å². The van der Waals surface area contributed by atoms with Crippen LogP contribution >= 0.6 is 11.6 Å². The van der Waals surface area contributed by atoms with Crippen LogP contribution < -0.4 is 5.73 Å². The van der Waals surface area contributed by atoms with Crippen LogP contribution in [0.1, 0.15) is 5.82 Å². The van der Waals surface area contributed by atoms with Crippen molar-refractivity contribution >= 4 is 28.3 Å². The predicted octanol–water partition coefficient (Wildman–Crippen LogP) is 3.01. The second kappa shape index (κ2) is 4.82. The maximum Gasteiger partial charge on any atom is 0.223 e. The molecule has 2 N–H and O–H groups in total. The second-order valence-electron chi connectivity index (χ2n) is 4.09. The van der Waals surface area contributed by atoms with Gasteiger partial charge in [-0.2, -0.15) is 9.97 Å². The molecule has 0 saturated carbocycles. The number of fused-ring (bicyclic) bond motifs is 1. The first-order valence-corrected chi connectivity index (χ1v) is 6.36. The summed E-state index contributed by atoms with van der Waals surface area (Å²) in [7, 11) is 0. The van der Waals surface area contributed by atoms with Crippen LogP contribution in [-0.2, 0) is 5.88 Å². The van der Waals surface area contributed by atoms with Crippen LogP contribution in [0.15, 0.2) is 42.5 Å². The lowest BCUT2D eigenvalue weighted by atomic mass is 10.0. The van der Waals surface area contributed by atoms with E-state index in [4.69, 9.17) is 17.3 Å². The lowest BCUT2D eigenvalue weighted by Gasteiger charge is -2.06. The number of rotatable bonds is 2. The first-order valence-electron chi connectivity index (χ1n) is 5.82. The fourth-order valence-corrected chi connectivity index (χ4v) is 2.16. The lowest BCUT2D eigenvalue weighted by molar-refractivity contribution is 0.981. The first-order chi connectivity index (χ1) is 9.28. The Morgan fingerprint density at radius 2 is 1.74 bits per heavy atom. The van der Waals surface area contributed by atoms with Crippen molar-refractivity contribution in [1.29, 1.82) is 0 Å². The molecule has 3 rings (SSSR count). The molecule has 19 heavy (non-hydrogen) atoms. The van der Waals surface area contributed by atoms with Gasteiger partial charge in [0.1, 0.15) is 5.82 Å². The van der Waals surface area contributed by atoms with Crippen LogP contribution in [0.5, 0.6) is 0 Å². The minimum absolute atomic E-state index is 0.189. The molecule has 1 heterocycles. The molecule has 1 aromatic heterocycles. The Hall–Kier alpha value is -2.20. The van der Waals surface area contributed by atoms with Gasteiger partial charge in [0.15, 0.2) is 5.82 Å². The van der Waals surface area contributed by atoms with Crippen molar-refractivity contribution in [3.63, 3.8) is 0 Å². The SMILES string of the molecule is Nc1nc(CCl)nc(-c2cccc3ccccc23)n1. The number of benzene rings is 2. The highest BCUT2D eigenvalue weighted by Crippen LogP contribution is 2.26. The van der Waals surface area contributed by atoms with Gasteiger partial charge in [0.25, 0.3) is 0 Å². The fraction of sp³-hybridized carbons (Fsp3) is 0.0714. The van der Waals surface area contributed by atoms with Crippen molar-refractivity contribution in [3.05, 3.63) is 48.3 Å². The minimum Gasteiger partial charge on any atom is -0.368 e. The molecule has 0 saturated heterocycles. The Balaban J connectivity index is 2.27. The van der Waals surface area contributed by atoms with E-state index in [2.05, 4.69) is 15.0 Å². The van der Waals surface area contributed by atoms with Crippen LogP contribution in [0.25, 0.3) is 22.2 Å². The van der Waals surface area contributed by atoms with Crippen LogP contribution in [0, 0.1) is 0 Å². The van der Waals surface area contributed by atoms with Crippen molar-refractivity contribution in [2.24, 2.45) is 0 Å². The summed E-state index contributed by atoms with van der Waals surface area (Å²) in [4.78, 5) is 12.5. The zero-order chi connectivity index (χ0) is 13.2. The van der Waals surface area contributed by atoms with E-state index in [1.54, 1.807) is 0 Å². The van der Waals surface area contributed by atoms with Gasteiger partial charge in [-0.1, -0.05) is 42.5 Å². The van der Waals surface area contributed by atoms with Gasteiger partial charge in [0, 0.05) is 5.56 Å². The Labute approximate surface area is 115 Å². The van der Waals surface area contributed by atoms with E-state index in [1.165, 1.54) is 0 Å². The first kappa shape index (κ1) is 11.9. The molecular weight excluding hydrogens is 260 g/mol. The number of halogens is 1. The molecular formula is C14H11ClN4. The maximum absolute atomic E-state index is 5.77. The van der Waals surface area contributed by atoms with Gasteiger partial charge in [0.2, 0.25) is 5.95 Å². The fourth-order valence-electron chi connectivity index (χ4n) is 2.04. The molecule has 0 bridgehead atoms. The Morgan fingerprint density at radius 1 is 0.947 bits per heavy atom. The highest BCUT2D eigenvalue weighted by Gasteiger charge is 2.09. The Morgan fingerprint density at radius 3 is 2.58 bits per heavy atom. The van der Waals surface area contributed by atoms with Gasteiger partial charge >= 0.3 is 0 Å². The molecule has 3 aromatic rings. The molecule has 0 amide bonds. The third kappa shape index (κ3) is 2.22. The van der Waals surface area contributed by atoms with E-state index in [0.29, 0.717) is 11.6 Å².